The minimum absolute atomic E-state index is 0.0965. The Morgan fingerprint density at radius 1 is 1.53 bits per heavy atom. The highest BCUT2D eigenvalue weighted by Crippen LogP contribution is 2.22. The standard InChI is InChI=1S/C11H15BrN4O/c1-8(2)16(5-6-17)11-10-13-3-4-15(10)7-9(12)14-11/h3-4,7-8,17H,5-6H2,1-2H3. The largest absolute Gasteiger partial charge is 0.395 e. The van der Waals surface area contributed by atoms with Crippen molar-refractivity contribution in [3.63, 3.8) is 0 Å². The van der Waals surface area contributed by atoms with Crippen LogP contribution in [0.4, 0.5) is 5.82 Å². The average Bonchev–Trinajstić information content (AvgIpc) is 2.72. The number of hydrogen-bond acceptors (Lipinski definition) is 4. The fraction of sp³-hybridized carbons (Fsp3) is 0.455. The summed E-state index contributed by atoms with van der Waals surface area (Å²) in [6.45, 7) is 4.78. The molecule has 0 bridgehead atoms. The van der Waals surface area contributed by atoms with Crippen LogP contribution >= 0.6 is 15.9 Å². The lowest BCUT2D eigenvalue weighted by molar-refractivity contribution is 0.298. The Hall–Kier alpha value is -1.14. The third kappa shape index (κ3) is 2.42. The van der Waals surface area contributed by atoms with Gasteiger partial charge in [-0.05, 0) is 29.8 Å². The Morgan fingerprint density at radius 3 is 2.94 bits per heavy atom. The number of imidazole rings is 1. The van der Waals surface area contributed by atoms with E-state index in [1.807, 2.05) is 21.7 Å². The summed E-state index contributed by atoms with van der Waals surface area (Å²) in [6, 6.07) is 0.254. The first kappa shape index (κ1) is 12.3. The lowest BCUT2D eigenvalue weighted by atomic mass is 10.3. The van der Waals surface area contributed by atoms with Crippen molar-refractivity contribution < 1.29 is 5.11 Å². The van der Waals surface area contributed by atoms with Crippen LogP contribution in [-0.2, 0) is 0 Å². The van der Waals surface area contributed by atoms with Crippen LogP contribution in [-0.4, -0.2) is 38.7 Å². The van der Waals surface area contributed by atoms with Gasteiger partial charge in [-0.1, -0.05) is 0 Å². The van der Waals surface area contributed by atoms with Crippen molar-refractivity contribution in [2.24, 2.45) is 0 Å². The Balaban J connectivity index is 2.54. The Labute approximate surface area is 108 Å². The van der Waals surface area contributed by atoms with Crippen LogP contribution < -0.4 is 4.90 Å². The van der Waals surface area contributed by atoms with Gasteiger partial charge in [0.15, 0.2) is 11.5 Å². The molecule has 2 aromatic rings. The van der Waals surface area contributed by atoms with Gasteiger partial charge in [0, 0.05) is 31.2 Å². The predicted molar refractivity (Wildman–Crippen MR) is 70.3 cm³/mol. The number of aromatic nitrogens is 3. The molecule has 0 aliphatic carbocycles. The predicted octanol–water partition coefficient (Wildman–Crippen LogP) is 1.70. The highest BCUT2D eigenvalue weighted by atomic mass is 79.9. The molecule has 5 nitrogen and oxygen atoms in total. The van der Waals surface area contributed by atoms with E-state index in [2.05, 4.69) is 39.7 Å². The fourth-order valence-corrected chi connectivity index (χ4v) is 2.18. The fourth-order valence-electron chi connectivity index (χ4n) is 1.79. The first-order valence-corrected chi connectivity index (χ1v) is 6.29. The molecule has 2 aromatic heterocycles. The van der Waals surface area contributed by atoms with Crippen LogP contribution in [0, 0.1) is 0 Å². The molecular weight excluding hydrogens is 284 g/mol. The van der Waals surface area contributed by atoms with Crippen molar-refractivity contribution in [3.05, 3.63) is 23.2 Å². The molecule has 0 aliphatic heterocycles. The van der Waals surface area contributed by atoms with Gasteiger partial charge in [-0.2, -0.15) is 0 Å². The van der Waals surface area contributed by atoms with Crippen LogP contribution in [0.15, 0.2) is 23.2 Å². The molecule has 0 aliphatic rings. The van der Waals surface area contributed by atoms with Crippen molar-refractivity contribution in [1.29, 1.82) is 0 Å². The van der Waals surface area contributed by atoms with Gasteiger partial charge < -0.3 is 14.4 Å². The molecule has 6 heteroatoms. The molecule has 0 radical (unpaired) electrons. The van der Waals surface area contributed by atoms with Gasteiger partial charge in [-0.15, -0.1) is 0 Å². The zero-order chi connectivity index (χ0) is 12.4. The number of rotatable bonds is 4. The zero-order valence-corrected chi connectivity index (χ0v) is 11.4. The highest BCUT2D eigenvalue weighted by molar-refractivity contribution is 9.10. The maximum absolute atomic E-state index is 9.13. The van der Waals surface area contributed by atoms with Crippen molar-refractivity contribution in [2.45, 2.75) is 19.9 Å². The summed E-state index contributed by atoms with van der Waals surface area (Å²) in [4.78, 5) is 10.8. The summed E-state index contributed by atoms with van der Waals surface area (Å²) < 4.78 is 2.67. The number of aliphatic hydroxyl groups excluding tert-OH is 1. The van der Waals surface area contributed by atoms with Crippen LogP contribution in [0.5, 0.6) is 0 Å². The molecule has 92 valence electrons. The Morgan fingerprint density at radius 2 is 2.29 bits per heavy atom. The number of fused-ring (bicyclic) bond motifs is 1. The lowest BCUT2D eigenvalue weighted by Crippen LogP contribution is -2.34. The van der Waals surface area contributed by atoms with E-state index in [0.717, 1.165) is 16.1 Å². The molecular formula is C11H15BrN4O. The molecule has 0 atom stereocenters. The van der Waals surface area contributed by atoms with Gasteiger partial charge in [0.2, 0.25) is 0 Å². The normalized spacial score (nSPS) is 11.4. The monoisotopic (exact) mass is 298 g/mol. The van der Waals surface area contributed by atoms with Crippen molar-refractivity contribution in [1.82, 2.24) is 14.4 Å². The molecule has 0 fully saturated rings. The summed E-state index contributed by atoms with van der Waals surface area (Å²) in [5.74, 6) is 0.786. The molecule has 0 saturated heterocycles. The van der Waals surface area contributed by atoms with Crippen LogP contribution in [0.1, 0.15) is 13.8 Å². The second kappa shape index (κ2) is 5.01. The molecule has 2 heterocycles. The summed E-state index contributed by atoms with van der Waals surface area (Å²) in [6.07, 6.45) is 5.48. The average molecular weight is 299 g/mol. The molecule has 0 spiro atoms. The van der Waals surface area contributed by atoms with E-state index in [9.17, 15) is 0 Å². The molecule has 1 N–H and O–H groups in total. The van der Waals surface area contributed by atoms with E-state index < -0.39 is 0 Å². The first-order chi connectivity index (χ1) is 8.13. The SMILES string of the molecule is CC(C)N(CCO)c1nc(Br)cn2ccnc12. The molecule has 0 amide bonds. The number of aliphatic hydroxyl groups is 1. The molecule has 0 aromatic carbocycles. The lowest BCUT2D eigenvalue weighted by Gasteiger charge is -2.27. The van der Waals surface area contributed by atoms with Gasteiger partial charge in [0.05, 0.1) is 6.61 Å². The number of nitrogens with zero attached hydrogens (tertiary/aromatic N) is 4. The summed E-state index contributed by atoms with van der Waals surface area (Å²) >= 11 is 3.39. The topological polar surface area (TPSA) is 53.7 Å². The second-order valence-corrected chi connectivity index (χ2v) is 4.87. The highest BCUT2D eigenvalue weighted by Gasteiger charge is 2.16. The number of halogens is 1. The van der Waals surface area contributed by atoms with E-state index in [1.165, 1.54) is 0 Å². The molecule has 2 rings (SSSR count). The first-order valence-electron chi connectivity index (χ1n) is 5.50. The summed E-state index contributed by atoms with van der Waals surface area (Å²) in [5.41, 5.74) is 0.801. The van der Waals surface area contributed by atoms with Gasteiger partial charge in [0.1, 0.15) is 4.60 Å². The van der Waals surface area contributed by atoms with Crippen LogP contribution in [0.25, 0.3) is 5.65 Å². The van der Waals surface area contributed by atoms with Gasteiger partial charge in [-0.3, -0.25) is 0 Å². The van der Waals surface area contributed by atoms with Crippen LogP contribution in [0.3, 0.4) is 0 Å². The van der Waals surface area contributed by atoms with E-state index >= 15 is 0 Å². The number of anilines is 1. The van der Waals surface area contributed by atoms with E-state index in [4.69, 9.17) is 5.11 Å². The quantitative estimate of drug-likeness (QED) is 0.933. The van der Waals surface area contributed by atoms with Crippen molar-refractivity contribution >= 4 is 27.4 Å². The maximum Gasteiger partial charge on any atom is 0.180 e. The smallest absolute Gasteiger partial charge is 0.180 e. The summed E-state index contributed by atoms with van der Waals surface area (Å²) in [7, 11) is 0. The number of hydrogen-bond donors (Lipinski definition) is 1. The third-order valence-electron chi connectivity index (χ3n) is 2.56. The molecule has 0 saturated carbocycles. The van der Waals surface area contributed by atoms with E-state index in [1.54, 1.807) is 6.20 Å². The molecule has 17 heavy (non-hydrogen) atoms. The third-order valence-corrected chi connectivity index (χ3v) is 2.95. The minimum atomic E-state index is 0.0965. The zero-order valence-electron chi connectivity index (χ0n) is 9.84. The Bertz CT molecular complexity index is 511. The van der Waals surface area contributed by atoms with Gasteiger partial charge >= 0.3 is 0 Å². The van der Waals surface area contributed by atoms with Crippen LogP contribution in [0.2, 0.25) is 0 Å². The summed E-state index contributed by atoms with van der Waals surface area (Å²) in [5, 5.41) is 9.13. The van der Waals surface area contributed by atoms with Crippen molar-refractivity contribution in [2.75, 3.05) is 18.1 Å². The van der Waals surface area contributed by atoms with Crippen molar-refractivity contribution in [3.8, 4) is 0 Å². The van der Waals surface area contributed by atoms with E-state index in [0.29, 0.717) is 6.54 Å². The Kier molecular flexibility index (Phi) is 3.63. The van der Waals surface area contributed by atoms with Gasteiger partial charge in [0.25, 0.3) is 0 Å². The second-order valence-electron chi connectivity index (χ2n) is 4.06. The van der Waals surface area contributed by atoms with E-state index in [-0.39, 0.29) is 12.6 Å². The van der Waals surface area contributed by atoms with Gasteiger partial charge in [-0.25, -0.2) is 9.97 Å². The molecule has 0 unspecified atom stereocenters. The minimum Gasteiger partial charge on any atom is -0.395 e. The maximum atomic E-state index is 9.13.